The van der Waals surface area contributed by atoms with E-state index in [1.54, 1.807) is 6.07 Å². The summed E-state index contributed by atoms with van der Waals surface area (Å²) < 4.78 is 6.17. The highest BCUT2D eigenvalue weighted by Gasteiger charge is 2.64. The van der Waals surface area contributed by atoms with Gasteiger partial charge in [0.2, 0.25) is 5.71 Å². The third kappa shape index (κ3) is 2.44. The molecule has 4 N–H and O–H groups in total. The van der Waals surface area contributed by atoms with Crippen molar-refractivity contribution in [3.05, 3.63) is 77.0 Å². The van der Waals surface area contributed by atoms with E-state index in [-0.39, 0.29) is 11.8 Å². The Morgan fingerprint density at radius 1 is 1.12 bits per heavy atom. The molecule has 3 aliphatic rings. The van der Waals surface area contributed by atoms with Crippen molar-refractivity contribution in [2.75, 3.05) is 19.3 Å². The molecular weight excluding hydrogens is 426 g/mol. The highest BCUT2D eigenvalue weighted by atomic mass is 16.3. The molecule has 2 aromatic heterocycles. The molecule has 2 bridgehead atoms. The lowest BCUT2D eigenvalue weighted by Crippen LogP contribution is -2.73. The number of hydrogen-bond donors (Lipinski definition) is 3. The average molecular weight is 454 g/mol. The summed E-state index contributed by atoms with van der Waals surface area (Å²) in [5.41, 5.74) is 11.5. The number of anilines is 1. The molecule has 0 spiro atoms. The highest BCUT2D eigenvalue weighted by molar-refractivity contribution is 5.92. The van der Waals surface area contributed by atoms with Crippen LogP contribution >= 0.6 is 0 Å². The summed E-state index contributed by atoms with van der Waals surface area (Å²) in [6.07, 6.45) is 2.55. The molecule has 7 rings (SSSR count). The van der Waals surface area contributed by atoms with Gasteiger partial charge in [-0.1, -0.05) is 36.4 Å². The fraction of sp³-hybridized carbons (Fsp3) is 0.321. The second-order valence-corrected chi connectivity index (χ2v) is 10.3. The minimum Gasteiger partial charge on any atom is -0.508 e. The van der Waals surface area contributed by atoms with Crippen LogP contribution in [0.1, 0.15) is 28.8 Å². The van der Waals surface area contributed by atoms with Crippen LogP contribution in [0.2, 0.25) is 0 Å². The Balaban J connectivity index is 1.45. The number of nitrogen functional groups attached to an aromatic ring is 1. The number of furan rings is 1. The molecule has 172 valence electrons. The van der Waals surface area contributed by atoms with Gasteiger partial charge in [0.15, 0.2) is 0 Å². The number of benzene rings is 2. The highest BCUT2D eigenvalue weighted by Crippen LogP contribution is 2.57. The van der Waals surface area contributed by atoms with Crippen molar-refractivity contribution in [3.8, 4) is 17.1 Å². The van der Waals surface area contributed by atoms with Crippen LogP contribution < -0.4 is 5.73 Å². The Morgan fingerprint density at radius 3 is 2.76 bits per heavy atom. The van der Waals surface area contributed by atoms with Gasteiger partial charge in [-0.25, -0.2) is 4.98 Å². The Bertz CT molecular complexity index is 1460. The van der Waals surface area contributed by atoms with Crippen molar-refractivity contribution in [2.45, 2.75) is 42.7 Å². The van der Waals surface area contributed by atoms with Crippen LogP contribution in [0.15, 0.2) is 59.0 Å². The second-order valence-electron chi connectivity index (χ2n) is 10.3. The summed E-state index contributed by atoms with van der Waals surface area (Å²) in [5, 5.41) is 23.6. The van der Waals surface area contributed by atoms with Crippen LogP contribution in [0, 0.1) is 0 Å². The van der Waals surface area contributed by atoms with E-state index in [0.29, 0.717) is 24.2 Å². The Morgan fingerprint density at radius 2 is 1.94 bits per heavy atom. The van der Waals surface area contributed by atoms with Crippen molar-refractivity contribution in [1.82, 2.24) is 9.88 Å². The number of aliphatic hydroxyl groups is 1. The standard InChI is InChI=1S/C28H27N3O3/c1-31-10-9-27-15-22-20(14-28(27,33)24(31)11-17-7-8-18(32)12-21(17)27)25(29)19-13-23(34-26(19)30-22)16-5-3-2-4-6-16/h2-8,12-13,24,32-33H,9-11,14-15H2,1H3,(H2,29,30)/t24-,27-,28-/m1/s1. The van der Waals surface area contributed by atoms with E-state index in [1.165, 1.54) is 5.56 Å². The monoisotopic (exact) mass is 453 g/mol. The fourth-order valence-corrected chi connectivity index (χ4v) is 6.94. The molecule has 4 aromatic rings. The van der Waals surface area contributed by atoms with Gasteiger partial charge in [-0.3, -0.25) is 0 Å². The van der Waals surface area contributed by atoms with Crippen molar-refractivity contribution in [3.63, 3.8) is 0 Å². The normalized spacial score (nSPS) is 27.8. The van der Waals surface area contributed by atoms with Crippen LogP contribution in [-0.2, 0) is 24.7 Å². The van der Waals surface area contributed by atoms with Crippen LogP contribution in [0.3, 0.4) is 0 Å². The zero-order chi connectivity index (χ0) is 23.2. The largest absolute Gasteiger partial charge is 0.508 e. The molecule has 3 heterocycles. The fourth-order valence-electron chi connectivity index (χ4n) is 6.94. The van der Waals surface area contributed by atoms with Gasteiger partial charge in [0.05, 0.1) is 16.7 Å². The number of pyridine rings is 1. The number of aromatic nitrogens is 1. The third-order valence-electron chi connectivity index (χ3n) is 8.71. The van der Waals surface area contributed by atoms with Gasteiger partial charge in [0.25, 0.3) is 0 Å². The molecule has 0 unspecified atom stereocenters. The van der Waals surface area contributed by atoms with Crippen LogP contribution in [0.4, 0.5) is 5.69 Å². The number of phenols is 1. The predicted octanol–water partition coefficient (Wildman–Crippen LogP) is 3.81. The molecule has 3 atom stereocenters. The van der Waals surface area contributed by atoms with Gasteiger partial charge in [0.1, 0.15) is 11.5 Å². The lowest BCUT2D eigenvalue weighted by Gasteiger charge is -2.63. The van der Waals surface area contributed by atoms with E-state index in [9.17, 15) is 10.2 Å². The van der Waals surface area contributed by atoms with Gasteiger partial charge in [-0.05, 0) is 55.8 Å². The minimum absolute atomic E-state index is 0.0224. The van der Waals surface area contributed by atoms with Gasteiger partial charge < -0.3 is 25.3 Å². The summed E-state index contributed by atoms with van der Waals surface area (Å²) in [6.45, 7) is 0.883. The van der Waals surface area contributed by atoms with E-state index < -0.39 is 11.0 Å². The number of hydrogen-bond acceptors (Lipinski definition) is 6. The molecule has 0 radical (unpaired) electrons. The van der Waals surface area contributed by atoms with Crippen molar-refractivity contribution in [1.29, 1.82) is 0 Å². The molecule has 6 nitrogen and oxygen atoms in total. The number of aromatic hydroxyl groups is 1. The topological polar surface area (TPSA) is 95.8 Å². The number of phenolic OH excluding ortho intramolecular Hbond substituents is 1. The molecule has 0 saturated carbocycles. The van der Waals surface area contributed by atoms with Crippen LogP contribution in [0.25, 0.3) is 22.4 Å². The lowest BCUT2D eigenvalue weighted by atomic mass is 9.49. The second kappa shape index (κ2) is 6.62. The zero-order valence-corrected chi connectivity index (χ0v) is 19.1. The van der Waals surface area contributed by atoms with E-state index in [4.69, 9.17) is 15.1 Å². The predicted molar refractivity (Wildman–Crippen MR) is 131 cm³/mol. The zero-order valence-electron chi connectivity index (χ0n) is 19.1. The average Bonchev–Trinajstić information content (AvgIpc) is 3.26. The van der Waals surface area contributed by atoms with E-state index in [2.05, 4.69) is 11.9 Å². The first-order chi connectivity index (χ1) is 16.4. The molecule has 2 aromatic carbocycles. The van der Waals surface area contributed by atoms with E-state index in [0.717, 1.165) is 52.9 Å². The molecule has 1 saturated heterocycles. The maximum absolute atomic E-state index is 12.5. The first kappa shape index (κ1) is 20.1. The van der Waals surface area contributed by atoms with Crippen LogP contribution in [0.5, 0.6) is 5.75 Å². The first-order valence-electron chi connectivity index (χ1n) is 11.9. The first-order valence-corrected chi connectivity index (χ1v) is 11.9. The number of likely N-dealkylation sites (tertiary alicyclic amines) is 1. The maximum Gasteiger partial charge on any atom is 0.229 e. The molecular formula is C28H27N3O3. The van der Waals surface area contributed by atoms with Gasteiger partial charge in [0, 0.05) is 41.1 Å². The van der Waals surface area contributed by atoms with Crippen LogP contribution in [-0.4, -0.2) is 45.3 Å². The number of nitrogens with zero attached hydrogens (tertiary/aromatic N) is 2. The van der Waals surface area contributed by atoms with E-state index >= 15 is 0 Å². The quantitative estimate of drug-likeness (QED) is 0.406. The Labute approximate surface area is 197 Å². The van der Waals surface area contributed by atoms with Crippen molar-refractivity contribution >= 4 is 16.8 Å². The molecule has 1 fully saturated rings. The molecule has 6 heteroatoms. The number of rotatable bonds is 1. The number of likely N-dealkylation sites (N-methyl/N-ethyl adjacent to an activating group) is 1. The maximum atomic E-state index is 12.5. The number of piperidine rings is 1. The number of nitrogens with two attached hydrogens (primary N) is 1. The number of fused-ring (bicyclic) bond motifs is 3. The van der Waals surface area contributed by atoms with Crippen molar-refractivity contribution < 1.29 is 14.6 Å². The molecule has 1 aliphatic heterocycles. The molecule has 34 heavy (non-hydrogen) atoms. The van der Waals surface area contributed by atoms with Crippen molar-refractivity contribution in [2.24, 2.45) is 0 Å². The summed E-state index contributed by atoms with van der Waals surface area (Å²) in [7, 11) is 2.10. The lowest BCUT2D eigenvalue weighted by molar-refractivity contribution is -0.145. The summed E-state index contributed by atoms with van der Waals surface area (Å²) in [6, 6.07) is 17.5. The minimum atomic E-state index is -0.997. The van der Waals surface area contributed by atoms with Gasteiger partial charge in [-0.15, -0.1) is 0 Å². The SMILES string of the molecule is CN1CC[C@]23Cc4nc5oc(-c6ccccc6)cc5c(N)c4C[C@@]2(O)[C@H]1Cc1ccc(O)cc13. The molecule has 2 aliphatic carbocycles. The van der Waals surface area contributed by atoms with Gasteiger partial charge >= 0.3 is 0 Å². The summed E-state index contributed by atoms with van der Waals surface area (Å²) in [4.78, 5) is 7.25. The Hall–Kier alpha value is -3.35. The Kier molecular flexibility index (Phi) is 3.90. The summed E-state index contributed by atoms with van der Waals surface area (Å²) >= 11 is 0. The smallest absolute Gasteiger partial charge is 0.229 e. The summed E-state index contributed by atoms with van der Waals surface area (Å²) in [5.74, 6) is 0.972. The van der Waals surface area contributed by atoms with E-state index in [1.807, 2.05) is 48.5 Å². The van der Waals surface area contributed by atoms with Gasteiger partial charge in [-0.2, -0.15) is 0 Å². The molecule has 0 amide bonds. The third-order valence-corrected chi connectivity index (χ3v) is 8.71.